The molecule has 134 valence electrons. The fraction of sp³-hybridized carbons (Fsp3) is 0.882. The van der Waals surface area contributed by atoms with Crippen LogP contribution < -0.4 is 0 Å². The number of aliphatic carboxylic acids is 1. The van der Waals surface area contributed by atoms with Crippen LogP contribution in [0.2, 0.25) is 0 Å². The maximum Gasteiger partial charge on any atom is 0.308 e. The van der Waals surface area contributed by atoms with Gasteiger partial charge in [0.25, 0.3) is 0 Å². The lowest BCUT2D eigenvalue weighted by atomic mass is 9.86. The summed E-state index contributed by atoms with van der Waals surface area (Å²) < 4.78 is 5.51. The SMILES string of the molecule is CCCC(C(CC(C)CC)C(=O)O)N(C=O)OC1CCCCO1. The van der Waals surface area contributed by atoms with Crippen LogP contribution in [0.4, 0.5) is 0 Å². The molecule has 0 bridgehead atoms. The molecule has 6 heteroatoms. The van der Waals surface area contributed by atoms with Gasteiger partial charge in [0.2, 0.25) is 6.41 Å². The van der Waals surface area contributed by atoms with Crippen LogP contribution in [0.15, 0.2) is 0 Å². The summed E-state index contributed by atoms with van der Waals surface area (Å²) >= 11 is 0. The second-order valence-electron chi connectivity index (χ2n) is 6.42. The van der Waals surface area contributed by atoms with Crippen LogP contribution in [0.5, 0.6) is 0 Å². The third kappa shape index (κ3) is 6.47. The fourth-order valence-electron chi connectivity index (χ4n) is 2.94. The van der Waals surface area contributed by atoms with Gasteiger partial charge in [0.15, 0.2) is 6.29 Å². The van der Waals surface area contributed by atoms with E-state index in [0.29, 0.717) is 25.9 Å². The average molecular weight is 329 g/mol. The van der Waals surface area contributed by atoms with Gasteiger partial charge >= 0.3 is 5.97 Å². The Balaban J connectivity index is 2.83. The maximum absolute atomic E-state index is 11.8. The van der Waals surface area contributed by atoms with E-state index in [1.165, 1.54) is 5.06 Å². The molecule has 0 aromatic carbocycles. The summed E-state index contributed by atoms with van der Waals surface area (Å²) in [4.78, 5) is 29.0. The molecule has 1 aliphatic heterocycles. The third-order valence-corrected chi connectivity index (χ3v) is 4.53. The molecule has 0 aliphatic carbocycles. The van der Waals surface area contributed by atoms with Crippen LogP contribution in [0, 0.1) is 11.8 Å². The highest BCUT2D eigenvalue weighted by Crippen LogP contribution is 2.26. The van der Waals surface area contributed by atoms with Crippen LogP contribution in [0.1, 0.15) is 65.7 Å². The number of ether oxygens (including phenoxy) is 1. The smallest absolute Gasteiger partial charge is 0.308 e. The molecule has 23 heavy (non-hydrogen) atoms. The van der Waals surface area contributed by atoms with Gasteiger partial charge in [-0.25, -0.2) is 9.90 Å². The second-order valence-corrected chi connectivity index (χ2v) is 6.42. The summed E-state index contributed by atoms with van der Waals surface area (Å²) in [5, 5.41) is 10.8. The molecule has 0 aromatic heterocycles. The van der Waals surface area contributed by atoms with Crippen molar-refractivity contribution >= 4 is 12.4 Å². The van der Waals surface area contributed by atoms with E-state index in [1.807, 2.05) is 20.8 Å². The van der Waals surface area contributed by atoms with Gasteiger partial charge in [-0.3, -0.25) is 9.59 Å². The van der Waals surface area contributed by atoms with Gasteiger partial charge in [-0.1, -0.05) is 33.6 Å². The third-order valence-electron chi connectivity index (χ3n) is 4.53. The number of carbonyl (C=O) groups excluding carboxylic acids is 1. The molecule has 4 unspecified atom stereocenters. The Kier molecular flexibility index (Phi) is 9.17. The first-order chi connectivity index (χ1) is 11.0. The Morgan fingerprint density at radius 2 is 2.17 bits per heavy atom. The number of carboxylic acids is 1. The number of rotatable bonds is 11. The lowest BCUT2D eigenvalue weighted by molar-refractivity contribution is -0.290. The highest BCUT2D eigenvalue weighted by Gasteiger charge is 2.35. The van der Waals surface area contributed by atoms with Crippen LogP contribution in [0.25, 0.3) is 0 Å². The molecule has 1 fully saturated rings. The number of amides is 1. The second kappa shape index (κ2) is 10.6. The minimum Gasteiger partial charge on any atom is -0.481 e. The van der Waals surface area contributed by atoms with Crippen LogP contribution in [0.3, 0.4) is 0 Å². The molecule has 0 aromatic rings. The van der Waals surface area contributed by atoms with Gasteiger partial charge < -0.3 is 9.84 Å². The molecule has 1 N–H and O–H groups in total. The Labute approximate surface area is 139 Å². The first kappa shape index (κ1) is 19.9. The van der Waals surface area contributed by atoms with E-state index in [2.05, 4.69) is 0 Å². The summed E-state index contributed by atoms with van der Waals surface area (Å²) in [6.07, 6.45) is 5.69. The van der Waals surface area contributed by atoms with E-state index >= 15 is 0 Å². The topological polar surface area (TPSA) is 76.1 Å². The Morgan fingerprint density at radius 3 is 2.65 bits per heavy atom. The van der Waals surface area contributed by atoms with Crippen LogP contribution >= 0.6 is 0 Å². The summed E-state index contributed by atoms with van der Waals surface area (Å²) in [6, 6.07) is -0.463. The van der Waals surface area contributed by atoms with Crippen molar-refractivity contribution in [1.29, 1.82) is 0 Å². The molecule has 1 rings (SSSR count). The van der Waals surface area contributed by atoms with Crippen molar-refractivity contribution in [2.45, 2.75) is 78.0 Å². The van der Waals surface area contributed by atoms with E-state index < -0.39 is 24.2 Å². The minimum atomic E-state index is -0.872. The molecular weight excluding hydrogens is 298 g/mol. The molecule has 1 amide bonds. The van der Waals surface area contributed by atoms with Crippen molar-refractivity contribution < 1.29 is 24.3 Å². The van der Waals surface area contributed by atoms with Crippen molar-refractivity contribution in [2.75, 3.05) is 6.61 Å². The summed E-state index contributed by atoms with van der Waals surface area (Å²) in [6.45, 7) is 6.68. The number of nitrogens with zero attached hydrogens (tertiary/aromatic N) is 1. The highest BCUT2D eigenvalue weighted by atomic mass is 16.8. The van der Waals surface area contributed by atoms with Gasteiger partial charge in [-0.15, -0.1) is 0 Å². The lowest BCUT2D eigenvalue weighted by Crippen LogP contribution is -2.46. The molecule has 6 nitrogen and oxygen atoms in total. The van der Waals surface area contributed by atoms with Crippen molar-refractivity contribution in [3.8, 4) is 0 Å². The van der Waals surface area contributed by atoms with Gasteiger partial charge in [0.05, 0.1) is 12.0 Å². The molecule has 0 saturated carbocycles. The normalized spacial score (nSPS) is 22.1. The van der Waals surface area contributed by atoms with E-state index in [9.17, 15) is 14.7 Å². The Bertz CT molecular complexity index is 357. The Hall–Kier alpha value is -1.14. The minimum absolute atomic E-state index is 0.287. The predicted molar refractivity (Wildman–Crippen MR) is 86.5 cm³/mol. The predicted octanol–water partition coefficient (Wildman–Crippen LogP) is 3.21. The molecule has 1 heterocycles. The van der Waals surface area contributed by atoms with Gasteiger partial charge in [0, 0.05) is 13.0 Å². The number of carbonyl (C=O) groups is 2. The zero-order valence-electron chi connectivity index (χ0n) is 14.6. The zero-order chi connectivity index (χ0) is 17.2. The van der Waals surface area contributed by atoms with Gasteiger partial charge in [-0.05, 0) is 31.6 Å². The van der Waals surface area contributed by atoms with E-state index in [1.54, 1.807) is 0 Å². The molecule has 1 saturated heterocycles. The molecule has 0 spiro atoms. The van der Waals surface area contributed by atoms with Crippen LogP contribution in [-0.2, 0) is 19.2 Å². The monoisotopic (exact) mass is 329 g/mol. The standard InChI is InChI=1S/C17H31NO5/c1-4-8-15(14(17(20)21)11-13(3)5-2)18(12-19)23-16-9-6-7-10-22-16/h12-16H,4-11H2,1-3H3,(H,20,21). The molecule has 0 radical (unpaired) electrons. The number of hydrogen-bond acceptors (Lipinski definition) is 4. The van der Waals surface area contributed by atoms with Crippen molar-refractivity contribution in [1.82, 2.24) is 5.06 Å². The Morgan fingerprint density at radius 1 is 1.43 bits per heavy atom. The van der Waals surface area contributed by atoms with Crippen molar-refractivity contribution in [3.63, 3.8) is 0 Å². The zero-order valence-corrected chi connectivity index (χ0v) is 14.6. The lowest BCUT2D eigenvalue weighted by Gasteiger charge is -2.35. The molecule has 1 aliphatic rings. The summed E-state index contributed by atoms with van der Waals surface area (Å²) in [5.41, 5.74) is 0. The van der Waals surface area contributed by atoms with Crippen molar-refractivity contribution in [2.24, 2.45) is 11.8 Å². The number of hydroxylamine groups is 2. The fourth-order valence-corrected chi connectivity index (χ4v) is 2.94. The number of hydrogen-bond donors (Lipinski definition) is 1. The quantitative estimate of drug-likeness (QED) is 0.465. The van der Waals surface area contributed by atoms with Crippen LogP contribution in [-0.4, -0.2) is 41.5 Å². The first-order valence-corrected chi connectivity index (χ1v) is 8.78. The highest BCUT2D eigenvalue weighted by molar-refractivity contribution is 5.71. The largest absolute Gasteiger partial charge is 0.481 e. The molecule has 4 atom stereocenters. The van der Waals surface area contributed by atoms with Gasteiger partial charge in [0.1, 0.15) is 0 Å². The summed E-state index contributed by atoms with van der Waals surface area (Å²) in [5.74, 6) is -1.21. The van der Waals surface area contributed by atoms with E-state index in [4.69, 9.17) is 9.57 Å². The van der Waals surface area contributed by atoms with E-state index in [-0.39, 0.29) is 5.92 Å². The average Bonchev–Trinajstić information content (AvgIpc) is 2.56. The van der Waals surface area contributed by atoms with Crippen molar-refractivity contribution in [3.05, 3.63) is 0 Å². The van der Waals surface area contributed by atoms with Gasteiger partial charge in [-0.2, -0.15) is 0 Å². The maximum atomic E-state index is 11.8. The number of carboxylic acid groups (broad SMARTS) is 1. The first-order valence-electron chi connectivity index (χ1n) is 8.78. The van der Waals surface area contributed by atoms with E-state index in [0.717, 1.165) is 32.1 Å². The summed E-state index contributed by atoms with van der Waals surface area (Å²) in [7, 11) is 0. The molecular formula is C17H31NO5.